The number of hydrogen-bond donors (Lipinski definition) is 19. The minimum absolute atomic E-state index is 0.00699. The Kier molecular flexibility index (Phi) is 44.3. The number of carboxylic acids is 5. The van der Waals surface area contributed by atoms with Crippen molar-refractivity contribution in [3.05, 3.63) is 98.0 Å². The zero-order valence-corrected chi connectivity index (χ0v) is 77.2. The molecule has 0 saturated carbocycles. The molecule has 1 aliphatic rings. The number of amides is 11. The number of aromatic nitrogens is 5. The number of esters is 1. The van der Waals surface area contributed by atoms with Crippen LogP contribution in [-0.4, -0.2) is 271 Å². The molecule has 11 amide bonds. The van der Waals surface area contributed by atoms with E-state index in [0.29, 0.717) is 36.2 Å². The molecule has 0 radical (unpaired) electrons. The first-order valence-electron chi connectivity index (χ1n) is 42.7. The van der Waals surface area contributed by atoms with Crippen molar-refractivity contribution in [3.63, 3.8) is 0 Å². The molecule has 134 heavy (non-hydrogen) atoms. The predicted molar refractivity (Wildman–Crippen MR) is 484 cm³/mol. The van der Waals surface area contributed by atoms with Gasteiger partial charge in [0.15, 0.2) is 17.3 Å². The number of carbonyl (C=O) groups is 18. The number of carbonyl (C=O) groups excluding carboxylic acids is 13. The molecule has 5 aromatic rings. The number of nitrogens with two attached hydrogens (primary N) is 1. The third-order valence-corrected chi connectivity index (χ3v) is 24.4. The predicted octanol–water partition coefficient (Wildman–Crippen LogP) is 1.82. The van der Waals surface area contributed by atoms with Crippen LogP contribution in [0.4, 0.5) is 16.4 Å². The highest BCUT2D eigenvalue weighted by molar-refractivity contribution is 8.76. The maximum absolute atomic E-state index is 15.1. The number of benzene rings is 2. The Hall–Kier alpha value is -13.6. The number of rotatable bonds is 55. The number of carboxylic acid groups (broad SMARTS) is 5. The summed E-state index contributed by atoms with van der Waals surface area (Å²) in [5.74, 6) is -19.5. The van der Waals surface area contributed by atoms with E-state index in [1.807, 2.05) is 63.1 Å². The number of thiazole rings is 1. The van der Waals surface area contributed by atoms with Gasteiger partial charge in [-0.1, -0.05) is 88.1 Å². The SMILES string of the molecule is C#CC[C@H](NC(=O)[C@H](CC(=O)O)NC(=O)CC[C@H](NC(=O)c1ccc(NCc2cnc3nc(N)[nH]c(=O)c3n2)cc1)C(=O)O)C(=O)N[C@@H](CC(=O)O)C(=O)N[C@@H](CC(=O)O)C(=O)N[C@@H](CSSCCOC(=O)NNC(=O)[C@@H](C)C[C@H](Cc1ccc(O)cc1)NC(=O)c1csc([C@@H](C[C@H](C(C)C)N(CCC(=O)CCC)C(=O)[C@@H](NC(=O)[C@H]2CCCCN2C)[C@H](C)CC)OC(C)=O)n1)C(=O)O. The number of aromatic amines is 1. The summed E-state index contributed by atoms with van der Waals surface area (Å²) in [5.41, 5.74) is 10.6. The van der Waals surface area contributed by atoms with Crippen molar-refractivity contribution in [1.29, 1.82) is 0 Å². The van der Waals surface area contributed by atoms with E-state index in [1.54, 1.807) is 17.0 Å². The van der Waals surface area contributed by atoms with Gasteiger partial charge in [0, 0.05) is 91.7 Å². The molecule has 6 rings (SSSR count). The van der Waals surface area contributed by atoms with Crippen LogP contribution in [0.2, 0.25) is 0 Å². The minimum Gasteiger partial charge on any atom is -0.508 e. The monoisotopic (exact) mass is 1930 g/mol. The molecule has 2 aromatic carbocycles. The van der Waals surface area contributed by atoms with Crippen LogP contribution >= 0.6 is 32.9 Å². The number of ketones is 1. The fraction of sp³-hybridized carbons (Fsp3) is 0.518. The Bertz CT molecular complexity index is 5120. The number of hydrazine groups is 1. The summed E-state index contributed by atoms with van der Waals surface area (Å²) in [5, 5.41) is 82.4. The number of nitrogen functional groups attached to an aromatic ring is 1. The topological polar surface area (TPSA) is 696 Å². The van der Waals surface area contributed by atoms with Crippen LogP contribution in [0.5, 0.6) is 5.75 Å². The van der Waals surface area contributed by atoms with Crippen LogP contribution in [0.3, 0.4) is 0 Å². The summed E-state index contributed by atoms with van der Waals surface area (Å²) in [4.78, 5) is 273. The number of terminal acetylenes is 1. The molecule has 46 nitrogen and oxygen atoms in total. The lowest BCUT2D eigenvalue weighted by atomic mass is 9.91. The molecule has 1 saturated heterocycles. The van der Waals surface area contributed by atoms with E-state index in [4.69, 9.17) is 21.6 Å². The number of nitrogens with one attached hydrogen (secondary N) is 12. The average molecular weight is 1930 g/mol. The second-order valence-electron chi connectivity index (χ2n) is 31.9. The first kappa shape index (κ1) is 109. The maximum atomic E-state index is 15.1. The third kappa shape index (κ3) is 36.2. The number of piperidine rings is 1. The number of Topliss-reactive ketones (excluding diaryl/α,β-unsaturated/α-hetero) is 1. The largest absolute Gasteiger partial charge is 0.508 e. The number of H-pyrrole nitrogens is 1. The molecule has 3 aromatic heterocycles. The first-order chi connectivity index (χ1) is 63.5. The number of fused-ring (bicyclic) bond motifs is 1. The second kappa shape index (κ2) is 54.4. The fourth-order valence-corrected chi connectivity index (χ4v) is 16.6. The van der Waals surface area contributed by atoms with Gasteiger partial charge in [-0.25, -0.2) is 34.8 Å². The van der Waals surface area contributed by atoms with Gasteiger partial charge in [-0.3, -0.25) is 92.0 Å². The minimum atomic E-state index is -2.23. The van der Waals surface area contributed by atoms with Gasteiger partial charge in [0.25, 0.3) is 17.4 Å². The molecular weight excluding hydrogens is 1820 g/mol. The van der Waals surface area contributed by atoms with Crippen LogP contribution < -0.4 is 70.0 Å². The fourth-order valence-electron chi connectivity index (χ4n) is 13.8. The van der Waals surface area contributed by atoms with Crippen molar-refractivity contribution < 1.29 is 126 Å². The third-order valence-electron chi connectivity index (χ3n) is 21.1. The van der Waals surface area contributed by atoms with Crippen LogP contribution in [-0.2, 0) is 94.4 Å². The van der Waals surface area contributed by atoms with Gasteiger partial charge >= 0.3 is 41.9 Å². The van der Waals surface area contributed by atoms with Crippen LogP contribution in [0, 0.1) is 30.1 Å². The summed E-state index contributed by atoms with van der Waals surface area (Å²) >= 11 is 1.02. The zero-order valence-electron chi connectivity index (χ0n) is 74.7. The van der Waals surface area contributed by atoms with Crippen molar-refractivity contribution in [2.75, 3.05) is 49.3 Å². The molecule has 728 valence electrons. The van der Waals surface area contributed by atoms with E-state index in [1.165, 1.54) is 61.8 Å². The van der Waals surface area contributed by atoms with E-state index in [2.05, 4.69) is 73.0 Å². The van der Waals surface area contributed by atoms with E-state index < -0.39 is 217 Å². The van der Waals surface area contributed by atoms with Crippen LogP contribution in [0.25, 0.3) is 11.2 Å². The smallest absolute Gasteiger partial charge is 0.426 e. The number of anilines is 2. The second-order valence-corrected chi connectivity index (χ2v) is 35.4. The Morgan fingerprint density at radius 2 is 1.31 bits per heavy atom. The van der Waals surface area contributed by atoms with Crippen molar-refractivity contribution in [2.24, 2.45) is 17.8 Å². The molecule has 1 aliphatic heterocycles. The Morgan fingerprint density at radius 1 is 0.694 bits per heavy atom. The highest BCUT2D eigenvalue weighted by atomic mass is 33.1. The Morgan fingerprint density at radius 3 is 1.89 bits per heavy atom. The molecule has 0 aliphatic carbocycles. The first-order valence-corrected chi connectivity index (χ1v) is 46.1. The van der Waals surface area contributed by atoms with E-state index in [0.717, 1.165) is 52.3 Å². The van der Waals surface area contributed by atoms with Crippen LogP contribution in [0.15, 0.2) is 64.9 Å². The molecule has 0 bridgehead atoms. The maximum Gasteiger partial charge on any atom is 0.426 e. The Labute approximate surface area is 780 Å². The zero-order chi connectivity index (χ0) is 99.2. The number of nitrogens with zero attached hydrogens (tertiary/aromatic N) is 6. The number of phenolic OH excluding ortho intramolecular Hbond substituents is 1. The molecule has 49 heteroatoms. The van der Waals surface area contributed by atoms with Crippen LogP contribution in [0.1, 0.15) is 188 Å². The molecule has 0 unspecified atom stereocenters. The van der Waals surface area contributed by atoms with Gasteiger partial charge in [-0.05, 0) is 106 Å². The lowest BCUT2D eigenvalue weighted by molar-refractivity contribution is -0.150. The lowest BCUT2D eigenvalue weighted by Crippen LogP contribution is -2.59. The summed E-state index contributed by atoms with van der Waals surface area (Å²) in [7, 11) is 3.59. The summed E-state index contributed by atoms with van der Waals surface area (Å²) in [6, 6.07) is -3.23. The molecular formula is C85H113N19O27S3. The number of likely N-dealkylation sites (N-methyl/N-ethyl adjacent to an activating group) is 1. The number of likely N-dealkylation sites (tertiary alicyclic amines) is 1. The highest BCUT2D eigenvalue weighted by Gasteiger charge is 2.41. The number of aromatic hydroxyl groups is 1. The van der Waals surface area contributed by atoms with E-state index in [9.17, 15) is 117 Å². The number of aliphatic carboxylic acids is 5. The van der Waals surface area contributed by atoms with Gasteiger partial charge in [0.1, 0.15) is 71.1 Å². The molecule has 4 heterocycles. The van der Waals surface area contributed by atoms with Crippen molar-refractivity contribution in [2.45, 2.75) is 224 Å². The van der Waals surface area contributed by atoms with Crippen molar-refractivity contribution in [3.8, 4) is 18.1 Å². The summed E-state index contributed by atoms with van der Waals surface area (Å²) in [6.07, 6.45) is 2.54. The van der Waals surface area contributed by atoms with Gasteiger partial charge in [0.2, 0.25) is 53.2 Å². The molecule has 20 N–H and O–H groups in total. The van der Waals surface area contributed by atoms with Crippen molar-refractivity contribution >= 4 is 162 Å². The van der Waals surface area contributed by atoms with E-state index >= 15 is 4.79 Å². The van der Waals surface area contributed by atoms with Gasteiger partial charge in [-0.15, -0.1) is 23.7 Å². The Balaban J connectivity index is 0.992. The molecule has 0 spiro atoms. The summed E-state index contributed by atoms with van der Waals surface area (Å²) < 4.78 is 11.1. The normalized spacial score (nSPS) is 15.1. The van der Waals surface area contributed by atoms with Gasteiger partial charge in [-0.2, -0.15) is 4.98 Å². The highest BCUT2D eigenvalue weighted by Crippen LogP contribution is 2.33. The quantitative estimate of drug-likeness (QED) is 0.00868. The number of phenols is 1. The number of ether oxygens (including phenoxy) is 2. The van der Waals surface area contributed by atoms with Gasteiger partial charge in [0.05, 0.1) is 43.7 Å². The lowest BCUT2D eigenvalue weighted by Gasteiger charge is -2.40. The standard InChI is InChI=1S/C85H113N19O27S3/c1-10-15-52(106)28-30-104(81(124)68(44(6)12-3)98-78(122)61-17-13-14-29-103(61)9)62(43(4)5)38-63(131-46(8)105)80-97-59(41-132-80)77(121)90-50(34-47-18-24-53(107)25-19-47)33-45(7)71(115)101-102-85(129)130-31-32-133-134-42-60(83(127)128)96-76(120)58(37-67(113)114)95-75(119)57(36-66(111)112)94-73(117)54(16-11-2)92-74(118)56(35-65(109)110)91-64(108)27-26-55(82(125)126)93-72(116)48-20-22-49(23-21-48)87-39-51-40-88-70-69(89-51)79(123)100-84(86)99-70/h2,18-25,40-41,43-45,50,54-58,60-63,68,87,107H,10,12-17,26-39,42H2,1,3-9H3,(H,90,121)(H,91,108)(H,92,118)(H,93,116)(H,94,117)(H,95,119)(H,96,120)(H,98,122)(H,101,115)(H,102,129)(H,109,110)(H,111,112)(H,113,114)(H,125,126)(H,127,128)(H3,86,88,99,100,123)/t44-,45+,50-,54+,55+,56+,57+,58+,60+,61-,62-,63-,68+/m1/s1. The number of hydrogen-bond acceptors (Lipinski definition) is 32. The summed E-state index contributed by atoms with van der Waals surface area (Å²) in [6.45, 7) is 12.6. The molecule has 1 fully saturated rings. The van der Waals surface area contributed by atoms with Gasteiger partial charge < -0.3 is 98.6 Å². The van der Waals surface area contributed by atoms with Crippen molar-refractivity contribution in [1.82, 2.24) is 88.1 Å². The van der Waals surface area contributed by atoms with E-state index in [-0.39, 0.29) is 120 Å². The molecule has 13 atom stereocenters. The average Bonchev–Trinajstić information content (AvgIpc) is 1.14.